The number of carbonyl (C=O) groups is 3. The molecule has 130 valence electrons. The maximum Gasteiger partial charge on any atom is 0.326 e. The molecule has 0 saturated carbocycles. The number of benzene rings is 1. The second kappa shape index (κ2) is 7.79. The van der Waals surface area contributed by atoms with Gasteiger partial charge in [0.05, 0.1) is 0 Å². The number of halogens is 1. The number of carboxylic acids is 1. The largest absolute Gasteiger partial charge is 0.480 e. The number of nitrogens with zero attached hydrogens (tertiary/aromatic N) is 1. The lowest BCUT2D eigenvalue weighted by Crippen LogP contribution is -2.53. The van der Waals surface area contributed by atoms with Gasteiger partial charge in [-0.1, -0.05) is 29.8 Å². The van der Waals surface area contributed by atoms with E-state index in [1.54, 1.807) is 24.3 Å². The first-order chi connectivity index (χ1) is 11.3. The molecule has 1 saturated heterocycles. The molecule has 0 radical (unpaired) electrons. The zero-order chi connectivity index (χ0) is 17.9. The Morgan fingerprint density at radius 1 is 1.25 bits per heavy atom. The van der Waals surface area contributed by atoms with Crippen LogP contribution in [-0.2, 0) is 9.59 Å². The Morgan fingerprint density at radius 2 is 1.88 bits per heavy atom. The Labute approximate surface area is 149 Å². The number of rotatable bonds is 5. The predicted octanol–water partition coefficient (Wildman–Crippen LogP) is 2.28. The lowest BCUT2D eigenvalue weighted by molar-refractivity contribution is -0.149. The Balaban J connectivity index is 2.14. The van der Waals surface area contributed by atoms with Crippen molar-refractivity contribution in [3.63, 3.8) is 0 Å². The topological polar surface area (TPSA) is 86.7 Å². The zero-order valence-electron chi connectivity index (χ0n) is 13.7. The van der Waals surface area contributed by atoms with Crippen molar-refractivity contribution in [1.29, 1.82) is 0 Å². The molecule has 2 rings (SSSR count). The molecule has 0 unspecified atom stereocenters. The van der Waals surface area contributed by atoms with E-state index >= 15 is 0 Å². The molecule has 0 bridgehead atoms. The van der Waals surface area contributed by atoms with Crippen LogP contribution in [0.2, 0.25) is 0 Å². The summed E-state index contributed by atoms with van der Waals surface area (Å²) >= 11 is 3.31. The monoisotopic (exact) mass is 396 g/mol. The molecule has 2 amide bonds. The minimum absolute atomic E-state index is 0.146. The highest BCUT2D eigenvalue weighted by Gasteiger charge is 2.38. The lowest BCUT2D eigenvalue weighted by Gasteiger charge is -2.29. The summed E-state index contributed by atoms with van der Waals surface area (Å²) in [5, 5.41) is 12.0. The van der Waals surface area contributed by atoms with E-state index in [4.69, 9.17) is 0 Å². The molecular weight excluding hydrogens is 376 g/mol. The lowest BCUT2D eigenvalue weighted by atomic mass is 10.0. The highest BCUT2D eigenvalue weighted by Crippen LogP contribution is 2.20. The summed E-state index contributed by atoms with van der Waals surface area (Å²) in [7, 11) is 0. The van der Waals surface area contributed by atoms with E-state index in [1.165, 1.54) is 4.90 Å². The normalized spacial score (nSPS) is 18.5. The van der Waals surface area contributed by atoms with E-state index in [9.17, 15) is 19.5 Å². The number of aliphatic carboxylic acids is 1. The van der Waals surface area contributed by atoms with Crippen LogP contribution in [0.3, 0.4) is 0 Å². The van der Waals surface area contributed by atoms with Crippen LogP contribution in [0, 0.1) is 5.92 Å². The van der Waals surface area contributed by atoms with Crippen molar-refractivity contribution >= 4 is 33.7 Å². The molecule has 1 fully saturated rings. The minimum Gasteiger partial charge on any atom is -0.480 e. The molecule has 6 nitrogen and oxygen atoms in total. The van der Waals surface area contributed by atoms with Crippen LogP contribution in [0.25, 0.3) is 0 Å². The van der Waals surface area contributed by atoms with E-state index < -0.39 is 18.1 Å². The fraction of sp³-hybridized carbons (Fsp3) is 0.471. The van der Waals surface area contributed by atoms with Crippen molar-refractivity contribution < 1.29 is 19.5 Å². The van der Waals surface area contributed by atoms with Gasteiger partial charge in [0, 0.05) is 16.6 Å². The summed E-state index contributed by atoms with van der Waals surface area (Å²) in [6.45, 7) is 4.07. The molecule has 24 heavy (non-hydrogen) atoms. The van der Waals surface area contributed by atoms with Crippen molar-refractivity contribution in [2.24, 2.45) is 5.92 Å². The summed E-state index contributed by atoms with van der Waals surface area (Å²) in [6, 6.07) is 5.28. The SMILES string of the molecule is CC(C)[C@H](NC(=O)c1ccc(Br)cc1)C(=O)N1CCC[C@H]1C(=O)O. The Morgan fingerprint density at radius 3 is 2.42 bits per heavy atom. The van der Waals surface area contributed by atoms with Crippen LogP contribution in [0.15, 0.2) is 28.7 Å². The van der Waals surface area contributed by atoms with E-state index in [1.807, 2.05) is 13.8 Å². The van der Waals surface area contributed by atoms with Crippen LogP contribution < -0.4 is 5.32 Å². The highest BCUT2D eigenvalue weighted by molar-refractivity contribution is 9.10. The van der Waals surface area contributed by atoms with E-state index in [0.717, 1.165) is 4.47 Å². The number of hydrogen-bond donors (Lipinski definition) is 2. The van der Waals surface area contributed by atoms with E-state index in [0.29, 0.717) is 24.9 Å². The maximum atomic E-state index is 12.8. The second-order valence-corrected chi connectivity index (χ2v) is 7.15. The average molecular weight is 397 g/mol. The highest BCUT2D eigenvalue weighted by atomic mass is 79.9. The fourth-order valence-electron chi connectivity index (χ4n) is 2.81. The van der Waals surface area contributed by atoms with Crippen molar-refractivity contribution in [2.45, 2.75) is 38.8 Å². The molecule has 1 aromatic rings. The molecular formula is C17H21BrN2O4. The molecule has 7 heteroatoms. The summed E-state index contributed by atoms with van der Waals surface area (Å²) in [4.78, 5) is 37.8. The standard InChI is InChI=1S/C17H21BrN2O4/c1-10(2)14(16(22)20-9-3-4-13(20)17(23)24)19-15(21)11-5-7-12(18)8-6-11/h5-8,10,13-14H,3-4,9H2,1-2H3,(H,19,21)(H,23,24)/t13-,14-/m0/s1. The van der Waals surface area contributed by atoms with Crippen molar-refractivity contribution in [3.8, 4) is 0 Å². The smallest absolute Gasteiger partial charge is 0.326 e. The molecule has 1 aromatic carbocycles. The second-order valence-electron chi connectivity index (χ2n) is 6.23. The number of hydrogen-bond acceptors (Lipinski definition) is 3. The van der Waals surface area contributed by atoms with E-state index in [2.05, 4.69) is 21.2 Å². The number of carboxylic acid groups (broad SMARTS) is 1. The van der Waals surface area contributed by atoms with Gasteiger partial charge in [-0.2, -0.15) is 0 Å². The Bertz CT molecular complexity index is 630. The number of carbonyl (C=O) groups excluding carboxylic acids is 2. The van der Waals surface area contributed by atoms with Gasteiger partial charge in [0.15, 0.2) is 0 Å². The number of nitrogens with one attached hydrogen (secondary N) is 1. The third kappa shape index (κ3) is 4.14. The van der Waals surface area contributed by atoms with Gasteiger partial charge in [-0.15, -0.1) is 0 Å². The van der Waals surface area contributed by atoms with Crippen LogP contribution in [0.4, 0.5) is 0 Å². The molecule has 2 atom stereocenters. The predicted molar refractivity (Wildman–Crippen MR) is 92.6 cm³/mol. The van der Waals surface area contributed by atoms with Gasteiger partial charge in [0.2, 0.25) is 5.91 Å². The van der Waals surface area contributed by atoms with Gasteiger partial charge < -0.3 is 15.3 Å². The van der Waals surface area contributed by atoms with Gasteiger partial charge in [-0.05, 0) is 43.0 Å². The summed E-state index contributed by atoms with van der Waals surface area (Å²) in [5.74, 6) is -1.82. The van der Waals surface area contributed by atoms with Crippen molar-refractivity contribution in [2.75, 3.05) is 6.54 Å². The van der Waals surface area contributed by atoms with Gasteiger partial charge in [0.1, 0.15) is 12.1 Å². The third-order valence-corrected chi connectivity index (χ3v) is 4.68. The van der Waals surface area contributed by atoms with Gasteiger partial charge in [0.25, 0.3) is 5.91 Å². The maximum absolute atomic E-state index is 12.8. The molecule has 0 aliphatic carbocycles. The van der Waals surface area contributed by atoms with Crippen LogP contribution in [-0.4, -0.2) is 46.4 Å². The first kappa shape index (κ1) is 18.4. The molecule has 2 N–H and O–H groups in total. The van der Waals surface area contributed by atoms with E-state index in [-0.39, 0.29) is 17.7 Å². The molecule has 1 heterocycles. The third-order valence-electron chi connectivity index (χ3n) is 4.15. The van der Waals surface area contributed by atoms with Gasteiger partial charge in [-0.25, -0.2) is 4.79 Å². The molecule has 1 aliphatic heterocycles. The first-order valence-electron chi connectivity index (χ1n) is 7.91. The van der Waals surface area contributed by atoms with Gasteiger partial charge >= 0.3 is 5.97 Å². The summed E-state index contributed by atoms with van der Waals surface area (Å²) < 4.78 is 0.858. The summed E-state index contributed by atoms with van der Waals surface area (Å²) in [6.07, 6.45) is 1.11. The summed E-state index contributed by atoms with van der Waals surface area (Å²) in [5.41, 5.74) is 0.452. The minimum atomic E-state index is -0.998. The first-order valence-corrected chi connectivity index (χ1v) is 8.70. The molecule has 1 aliphatic rings. The Kier molecular flexibility index (Phi) is 5.99. The quantitative estimate of drug-likeness (QED) is 0.798. The van der Waals surface area contributed by atoms with Crippen molar-refractivity contribution in [1.82, 2.24) is 10.2 Å². The average Bonchev–Trinajstić information content (AvgIpc) is 3.02. The van der Waals surface area contributed by atoms with Gasteiger partial charge in [-0.3, -0.25) is 9.59 Å². The molecule has 0 aromatic heterocycles. The van der Waals surface area contributed by atoms with Crippen LogP contribution in [0.5, 0.6) is 0 Å². The fourth-order valence-corrected chi connectivity index (χ4v) is 3.07. The molecule has 0 spiro atoms. The van der Waals surface area contributed by atoms with Crippen LogP contribution >= 0.6 is 15.9 Å². The zero-order valence-corrected chi connectivity index (χ0v) is 15.2. The number of likely N-dealkylation sites (tertiary alicyclic amines) is 1. The Hall–Kier alpha value is -1.89. The number of amides is 2. The van der Waals surface area contributed by atoms with Crippen molar-refractivity contribution in [3.05, 3.63) is 34.3 Å². The van der Waals surface area contributed by atoms with Crippen LogP contribution in [0.1, 0.15) is 37.0 Å².